The summed E-state index contributed by atoms with van der Waals surface area (Å²) in [6.45, 7) is 2.84. The Hall–Kier alpha value is -1.85. The van der Waals surface area contributed by atoms with Gasteiger partial charge < -0.3 is 5.32 Å². The van der Waals surface area contributed by atoms with Gasteiger partial charge in [0.15, 0.2) is 0 Å². The molecular formula is C16H20N2O2S. The molecule has 0 aliphatic carbocycles. The highest BCUT2D eigenvalue weighted by Crippen LogP contribution is 2.21. The zero-order valence-electron chi connectivity index (χ0n) is 12.0. The SMILES string of the molecule is CC(CCNc1ccccc1S(N)(=O)=O)c1ccccc1. The largest absolute Gasteiger partial charge is 0.384 e. The first-order chi connectivity index (χ1) is 9.98. The lowest BCUT2D eigenvalue weighted by Gasteiger charge is -2.14. The van der Waals surface area contributed by atoms with Gasteiger partial charge in [-0.2, -0.15) is 0 Å². The molecule has 0 aromatic heterocycles. The highest BCUT2D eigenvalue weighted by molar-refractivity contribution is 7.89. The zero-order chi connectivity index (χ0) is 15.3. The van der Waals surface area contributed by atoms with E-state index >= 15 is 0 Å². The van der Waals surface area contributed by atoms with E-state index in [9.17, 15) is 8.42 Å². The van der Waals surface area contributed by atoms with Gasteiger partial charge >= 0.3 is 0 Å². The summed E-state index contributed by atoms with van der Waals surface area (Å²) in [4.78, 5) is 0.136. The molecule has 1 atom stereocenters. The summed E-state index contributed by atoms with van der Waals surface area (Å²) in [7, 11) is -3.70. The molecule has 4 nitrogen and oxygen atoms in total. The summed E-state index contributed by atoms with van der Waals surface area (Å²) in [6.07, 6.45) is 0.906. The van der Waals surface area contributed by atoms with Gasteiger partial charge in [-0.25, -0.2) is 13.6 Å². The first-order valence-electron chi connectivity index (χ1n) is 6.89. The van der Waals surface area contributed by atoms with Crippen LogP contribution in [-0.4, -0.2) is 15.0 Å². The Balaban J connectivity index is 1.99. The number of hydrogen-bond donors (Lipinski definition) is 2. The molecule has 0 spiro atoms. The number of nitrogens with two attached hydrogens (primary N) is 1. The van der Waals surface area contributed by atoms with Gasteiger partial charge in [0.2, 0.25) is 10.0 Å². The molecule has 0 heterocycles. The second-order valence-corrected chi connectivity index (χ2v) is 6.60. The number of benzene rings is 2. The molecular weight excluding hydrogens is 284 g/mol. The molecule has 5 heteroatoms. The van der Waals surface area contributed by atoms with Crippen LogP contribution in [0.3, 0.4) is 0 Å². The van der Waals surface area contributed by atoms with E-state index < -0.39 is 10.0 Å². The maximum absolute atomic E-state index is 11.5. The second kappa shape index (κ2) is 6.74. The van der Waals surface area contributed by atoms with Gasteiger partial charge in [0.1, 0.15) is 4.90 Å². The zero-order valence-corrected chi connectivity index (χ0v) is 12.8. The Kier molecular flexibility index (Phi) is 4.98. The third-order valence-corrected chi connectivity index (χ3v) is 4.42. The van der Waals surface area contributed by atoms with Crippen LogP contribution in [0.2, 0.25) is 0 Å². The van der Waals surface area contributed by atoms with Crippen LogP contribution in [0.15, 0.2) is 59.5 Å². The minimum absolute atomic E-state index is 0.136. The van der Waals surface area contributed by atoms with Crippen molar-refractivity contribution in [3.8, 4) is 0 Å². The van der Waals surface area contributed by atoms with Crippen molar-refractivity contribution in [3.05, 3.63) is 60.2 Å². The molecule has 112 valence electrons. The van der Waals surface area contributed by atoms with E-state index in [2.05, 4.69) is 24.4 Å². The van der Waals surface area contributed by atoms with Gasteiger partial charge in [-0.15, -0.1) is 0 Å². The van der Waals surface area contributed by atoms with Crippen molar-refractivity contribution < 1.29 is 8.42 Å². The molecule has 0 fully saturated rings. The fourth-order valence-corrected chi connectivity index (χ4v) is 2.95. The Labute approximate surface area is 126 Å². The van der Waals surface area contributed by atoms with E-state index in [0.29, 0.717) is 18.2 Å². The molecule has 2 aromatic carbocycles. The van der Waals surface area contributed by atoms with Crippen molar-refractivity contribution in [2.24, 2.45) is 5.14 Å². The molecule has 1 unspecified atom stereocenters. The molecule has 3 N–H and O–H groups in total. The average Bonchev–Trinajstić information content (AvgIpc) is 2.47. The van der Waals surface area contributed by atoms with Gasteiger partial charge in [-0.1, -0.05) is 49.4 Å². The highest BCUT2D eigenvalue weighted by Gasteiger charge is 2.13. The van der Waals surface area contributed by atoms with Crippen molar-refractivity contribution >= 4 is 15.7 Å². The van der Waals surface area contributed by atoms with Crippen molar-refractivity contribution in [3.63, 3.8) is 0 Å². The molecule has 2 aromatic rings. The molecule has 0 aliphatic heterocycles. The normalized spacial score (nSPS) is 12.9. The number of anilines is 1. The van der Waals surface area contributed by atoms with Crippen LogP contribution in [0.1, 0.15) is 24.8 Å². The standard InChI is InChI=1S/C16H20N2O2S/c1-13(14-7-3-2-4-8-14)11-12-18-15-9-5-6-10-16(15)21(17,19)20/h2-10,13,18H,11-12H2,1H3,(H2,17,19,20). The Morgan fingerprint density at radius 1 is 1.05 bits per heavy atom. The van der Waals surface area contributed by atoms with Crippen LogP contribution in [-0.2, 0) is 10.0 Å². The Morgan fingerprint density at radius 2 is 1.67 bits per heavy atom. The summed E-state index contributed by atoms with van der Waals surface area (Å²) in [5.41, 5.74) is 1.83. The number of rotatable bonds is 6. The van der Waals surface area contributed by atoms with Crippen molar-refractivity contribution in [2.45, 2.75) is 24.2 Å². The van der Waals surface area contributed by atoms with Crippen molar-refractivity contribution in [1.29, 1.82) is 0 Å². The maximum Gasteiger partial charge on any atom is 0.240 e. The van der Waals surface area contributed by atoms with Crippen LogP contribution in [0, 0.1) is 0 Å². The minimum atomic E-state index is -3.70. The first kappa shape index (κ1) is 15.5. The third-order valence-electron chi connectivity index (χ3n) is 3.45. The lowest BCUT2D eigenvalue weighted by molar-refractivity contribution is 0.598. The number of nitrogens with one attached hydrogen (secondary N) is 1. The molecule has 0 bridgehead atoms. The highest BCUT2D eigenvalue weighted by atomic mass is 32.2. The summed E-state index contributed by atoms with van der Waals surface area (Å²) < 4.78 is 23.0. The summed E-state index contributed by atoms with van der Waals surface area (Å²) in [5, 5.41) is 8.37. The third kappa shape index (κ3) is 4.31. The Morgan fingerprint density at radius 3 is 2.33 bits per heavy atom. The predicted octanol–water partition coefficient (Wildman–Crippen LogP) is 2.94. The van der Waals surface area contributed by atoms with Crippen LogP contribution in [0.5, 0.6) is 0 Å². The summed E-state index contributed by atoms with van der Waals surface area (Å²) in [5.74, 6) is 0.403. The summed E-state index contributed by atoms with van der Waals surface area (Å²) in [6, 6.07) is 16.9. The molecule has 0 radical (unpaired) electrons. The smallest absolute Gasteiger partial charge is 0.240 e. The van der Waals surface area contributed by atoms with Crippen LogP contribution in [0.4, 0.5) is 5.69 Å². The molecule has 0 aliphatic rings. The van der Waals surface area contributed by atoms with Gasteiger partial charge in [0.25, 0.3) is 0 Å². The van der Waals surface area contributed by atoms with Crippen molar-refractivity contribution in [2.75, 3.05) is 11.9 Å². The minimum Gasteiger partial charge on any atom is -0.384 e. The molecule has 0 saturated carbocycles. The number of hydrogen-bond acceptors (Lipinski definition) is 3. The lowest BCUT2D eigenvalue weighted by Crippen LogP contribution is -2.15. The van der Waals surface area contributed by atoms with E-state index in [4.69, 9.17) is 5.14 Å². The van der Waals surface area contributed by atoms with Crippen LogP contribution < -0.4 is 10.5 Å². The maximum atomic E-state index is 11.5. The van der Waals surface area contributed by atoms with Gasteiger partial charge in [-0.05, 0) is 30.0 Å². The van der Waals surface area contributed by atoms with Gasteiger partial charge in [-0.3, -0.25) is 0 Å². The fraction of sp³-hybridized carbons (Fsp3) is 0.250. The lowest BCUT2D eigenvalue weighted by atomic mass is 9.98. The molecule has 21 heavy (non-hydrogen) atoms. The molecule has 0 saturated heterocycles. The van der Waals surface area contributed by atoms with E-state index in [1.807, 2.05) is 18.2 Å². The van der Waals surface area contributed by atoms with E-state index in [1.54, 1.807) is 18.2 Å². The van der Waals surface area contributed by atoms with E-state index in [1.165, 1.54) is 11.6 Å². The number of primary sulfonamides is 1. The van der Waals surface area contributed by atoms with Crippen molar-refractivity contribution in [1.82, 2.24) is 0 Å². The fourth-order valence-electron chi connectivity index (χ4n) is 2.23. The van der Waals surface area contributed by atoms with E-state index in [-0.39, 0.29) is 4.90 Å². The van der Waals surface area contributed by atoms with Gasteiger partial charge in [0, 0.05) is 6.54 Å². The number of sulfonamides is 1. The quantitative estimate of drug-likeness (QED) is 0.862. The topological polar surface area (TPSA) is 72.2 Å². The molecule has 2 rings (SSSR count). The first-order valence-corrected chi connectivity index (χ1v) is 8.44. The summed E-state index contributed by atoms with van der Waals surface area (Å²) >= 11 is 0. The van der Waals surface area contributed by atoms with Crippen LogP contribution >= 0.6 is 0 Å². The van der Waals surface area contributed by atoms with Gasteiger partial charge in [0.05, 0.1) is 5.69 Å². The number of para-hydroxylation sites is 1. The van der Waals surface area contributed by atoms with E-state index in [0.717, 1.165) is 6.42 Å². The second-order valence-electron chi connectivity index (χ2n) is 5.07. The molecule has 0 amide bonds. The monoisotopic (exact) mass is 304 g/mol. The predicted molar refractivity (Wildman–Crippen MR) is 85.8 cm³/mol. The average molecular weight is 304 g/mol. The Bertz CT molecular complexity index is 684. The van der Waals surface area contributed by atoms with Crippen LogP contribution in [0.25, 0.3) is 0 Å².